The maximum Gasteiger partial charge on any atom is 0.227 e. The molecular formula is C16H22N2O2. The van der Waals surface area contributed by atoms with E-state index in [-0.39, 0.29) is 17.9 Å². The fourth-order valence-corrected chi connectivity index (χ4v) is 2.75. The maximum absolute atomic E-state index is 12.4. The van der Waals surface area contributed by atoms with Crippen LogP contribution in [0.1, 0.15) is 34.1 Å². The Balaban J connectivity index is 2.40. The average Bonchev–Trinajstić information content (AvgIpc) is 2.36. The maximum atomic E-state index is 12.4. The third kappa shape index (κ3) is 2.69. The quantitative estimate of drug-likeness (QED) is 0.832. The van der Waals surface area contributed by atoms with Crippen LogP contribution in [0.3, 0.4) is 0 Å². The van der Waals surface area contributed by atoms with Gasteiger partial charge in [-0.1, -0.05) is 26.0 Å². The van der Waals surface area contributed by atoms with Crippen molar-refractivity contribution in [3.05, 3.63) is 24.3 Å². The van der Waals surface area contributed by atoms with Gasteiger partial charge in [-0.05, 0) is 25.0 Å². The van der Waals surface area contributed by atoms with Gasteiger partial charge in [0.1, 0.15) is 0 Å². The Hall–Kier alpha value is -1.84. The molecule has 1 atom stereocenters. The molecule has 4 heteroatoms. The highest BCUT2D eigenvalue weighted by Crippen LogP contribution is 2.35. The van der Waals surface area contributed by atoms with E-state index in [0.29, 0.717) is 18.9 Å². The molecule has 0 bridgehead atoms. The van der Waals surface area contributed by atoms with E-state index < -0.39 is 0 Å². The minimum absolute atomic E-state index is 0.00138. The summed E-state index contributed by atoms with van der Waals surface area (Å²) in [5.41, 5.74) is 1.67. The van der Waals surface area contributed by atoms with Gasteiger partial charge < -0.3 is 9.80 Å². The fraction of sp³-hybridized carbons (Fsp3) is 0.500. The van der Waals surface area contributed by atoms with Crippen molar-refractivity contribution in [2.45, 2.75) is 40.2 Å². The normalized spacial score (nSPS) is 18.1. The molecule has 1 aromatic carbocycles. The molecule has 108 valence electrons. The van der Waals surface area contributed by atoms with Crippen molar-refractivity contribution in [2.75, 3.05) is 16.3 Å². The summed E-state index contributed by atoms with van der Waals surface area (Å²) in [6, 6.07) is 7.62. The van der Waals surface area contributed by atoms with Crippen molar-refractivity contribution in [3.8, 4) is 0 Å². The number of rotatable bonds is 2. The van der Waals surface area contributed by atoms with E-state index in [9.17, 15) is 9.59 Å². The summed E-state index contributed by atoms with van der Waals surface area (Å²) in [6.45, 7) is 8.19. The van der Waals surface area contributed by atoms with E-state index in [2.05, 4.69) is 0 Å². The lowest BCUT2D eigenvalue weighted by molar-refractivity contribution is -0.120. The number of amides is 2. The van der Waals surface area contributed by atoms with Crippen LogP contribution in [0.25, 0.3) is 0 Å². The Kier molecular flexibility index (Phi) is 4.12. The molecule has 0 fully saturated rings. The lowest BCUT2D eigenvalue weighted by atomic mass is 10.0. The third-order valence-electron chi connectivity index (χ3n) is 3.54. The minimum atomic E-state index is -0.00138. The van der Waals surface area contributed by atoms with Gasteiger partial charge in [-0.2, -0.15) is 0 Å². The highest BCUT2D eigenvalue weighted by atomic mass is 16.2. The Labute approximate surface area is 120 Å². The lowest BCUT2D eigenvalue weighted by Crippen LogP contribution is -2.51. The monoisotopic (exact) mass is 274 g/mol. The molecular weight excluding hydrogens is 252 g/mol. The molecule has 0 saturated carbocycles. The topological polar surface area (TPSA) is 40.6 Å². The Morgan fingerprint density at radius 2 is 1.85 bits per heavy atom. The zero-order valence-corrected chi connectivity index (χ0v) is 12.6. The molecule has 0 spiro atoms. The summed E-state index contributed by atoms with van der Waals surface area (Å²) in [7, 11) is 0. The number of carbonyl (C=O) groups excluding carboxylic acids is 2. The Morgan fingerprint density at radius 1 is 1.25 bits per heavy atom. The van der Waals surface area contributed by atoms with Crippen LogP contribution in [0.4, 0.5) is 11.4 Å². The molecule has 1 aliphatic rings. The zero-order chi connectivity index (χ0) is 14.9. The summed E-state index contributed by atoms with van der Waals surface area (Å²) >= 11 is 0. The smallest absolute Gasteiger partial charge is 0.227 e. The van der Waals surface area contributed by atoms with Crippen LogP contribution >= 0.6 is 0 Å². The number of nitrogens with zero attached hydrogens (tertiary/aromatic N) is 2. The third-order valence-corrected chi connectivity index (χ3v) is 3.54. The number of anilines is 2. The van der Waals surface area contributed by atoms with Crippen LogP contribution in [0, 0.1) is 5.92 Å². The van der Waals surface area contributed by atoms with Gasteiger partial charge in [0.2, 0.25) is 11.8 Å². The van der Waals surface area contributed by atoms with Gasteiger partial charge >= 0.3 is 0 Å². The number of fused-ring (bicyclic) bond motifs is 1. The molecule has 0 radical (unpaired) electrons. The summed E-state index contributed by atoms with van der Waals surface area (Å²) < 4.78 is 0. The van der Waals surface area contributed by atoms with Crippen LogP contribution in [0.5, 0.6) is 0 Å². The molecule has 2 rings (SSSR count). The molecule has 20 heavy (non-hydrogen) atoms. The van der Waals surface area contributed by atoms with Crippen molar-refractivity contribution < 1.29 is 9.59 Å². The number of carbonyl (C=O) groups is 2. The van der Waals surface area contributed by atoms with Crippen molar-refractivity contribution in [1.29, 1.82) is 0 Å². The van der Waals surface area contributed by atoms with E-state index in [1.807, 2.05) is 49.9 Å². The predicted octanol–water partition coefficient (Wildman–Crippen LogP) is 2.82. The second-order valence-electron chi connectivity index (χ2n) is 5.83. The molecule has 2 amide bonds. The second kappa shape index (κ2) is 5.65. The van der Waals surface area contributed by atoms with Gasteiger partial charge in [0.05, 0.1) is 17.4 Å². The van der Waals surface area contributed by atoms with Crippen LogP contribution in [-0.2, 0) is 9.59 Å². The van der Waals surface area contributed by atoms with E-state index in [0.717, 1.165) is 11.4 Å². The largest absolute Gasteiger partial charge is 0.308 e. The standard InChI is InChI=1S/C16H22N2O2/c1-11(2)9-16(20)17-10-12(3)18(13(4)19)15-8-6-5-7-14(15)17/h5-8,11-12H,9-10H2,1-4H3/t12-/m0/s1. The number of benzene rings is 1. The molecule has 0 aliphatic carbocycles. The molecule has 0 unspecified atom stereocenters. The highest BCUT2D eigenvalue weighted by molar-refractivity contribution is 6.03. The zero-order valence-electron chi connectivity index (χ0n) is 12.6. The average molecular weight is 274 g/mol. The fourth-order valence-electron chi connectivity index (χ4n) is 2.75. The first-order valence-electron chi connectivity index (χ1n) is 7.11. The van der Waals surface area contributed by atoms with E-state index in [1.165, 1.54) is 0 Å². The van der Waals surface area contributed by atoms with E-state index in [1.54, 1.807) is 11.8 Å². The van der Waals surface area contributed by atoms with Crippen molar-refractivity contribution in [3.63, 3.8) is 0 Å². The van der Waals surface area contributed by atoms with Crippen LogP contribution in [0.2, 0.25) is 0 Å². The number of para-hydroxylation sites is 2. The molecule has 0 saturated heterocycles. The first-order valence-corrected chi connectivity index (χ1v) is 7.11. The van der Waals surface area contributed by atoms with Crippen molar-refractivity contribution >= 4 is 23.2 Å². The summed E-state index contributed by atoms with van der Waals surface area (Å²) in [5.74, 6) is 0.471. The second-order valence-corrected chi connectivity index (χ2v) is 5.83. The Morgan fingerprint density at radius 3 is 2.40 bits per heavy atom. The van der Waals surface area contributed by atoms with Gasteiger partial charge in [-0.25, -0.2) is 0 Å². The first-order chi connectivity index (χ1) is 9.41. The Bertz CT molecular complexity index is 525. The highest BCUT2D eigenvalue weighted by Gasteiger charge is 2.33. The summed E-state index contributed by atoms with van der Waals surface area (Å²) in [6.07, 6.45) is 0.529. The molecule has 0 aromatic heterocycles. The van der Waals surface area contributed by atoms with Gasteiger partial charge in [0.25, 0.3) is 0 Å². The predicted molar refractivity (Wildman–Crippen MR) is 80.9 cm³/mol. The van der Waals surface area contributed by atoms with Gasteiger partial charge in [0, 0.05) is 19.9 Å². The van der Waals surface area contributed by atoms with Gasteiger partial charge in [-0.3, -0.25) is 9.59 Å². The van der Waals surface area contributed by atoms with Gasteiger partial charge in [0.15, 0.2) is 0 Å². The molecule has 1 aliphatic heterocycles. The van der Waals surface area contributed by atoms with Gasteiger partial charge in [-0.15, -0.1) is 0 Å². The molecule has 1 aromatic rings. The molecule has 1 heterocycles. The lowest BCUT2D eigenvalue weighted by Gasteiger charge is -2.41. The van der Waals surface area contributed by atoms with Crippen LogP contribution in [0.15, 0.2) is 24.3 Å². The van der Waals surface area contributed by atoms with Crippen molar-refractivity contribution in [2.24, 2.45) is 5.92 Å². The number of hydrogen-bond donors (Lipinski definition) is 0. The first kappa shape index (κ1) is 14.6. The summed E-state index contributed by atoms with van der Waals surface area (Å²) in [4.78, 5) is 27.9. The van der Waals surface area contributed by atoms with Crippen molar-refractivity contribution in [1.82, 2.24) is 0 Å². The molecule has 0 N–H and O–H groups in total. The van der Waals surface area contributed by atoms with Crippen LogP contribution in [-0.4, -0.2) is 24.4 Å². The molecule has 4 nitrogen and oxygen atoms in total. The van der Waals surface area contributed by atoms with Crippen LogP contribution < -0.4 is 9.80 Å². The minimum Gasteiger partial charge on any atom is -0.308 e. The van der Waals surface area contributed by atoms with E-state index >= 15 is 0 Å². The number of hydrogen-bond acceptors (Lipinski definition) is 2. The SMILES string of the molecule is CC(=O)N1c2ccccc2N(C(=O)CC(C)C)C[C@@H]1C. The van der Waals surface area contributed by atoms with E-state index in [4.69, 9.17) is 0 Å². The summed E-state index contributed by atoms with van der Waals surface area (Å²) in [5, 5.41) is 0.